The zero-order chi connectivity index (χ0) is 15.2. The molecule has 1 aliphatic rings. The van der Waals surface area contributed by atoms with Gasteiger partial charge in [0.15, 0.2) is 0 Å². The zero-order valence-electron chi connectivity index (χ0n) is 12.9. The van der Waals surface area contributed by atoms with E-state index in [1.807, 2.05) is 0 Å². The van der Waals surface area contributed by atoms with Gasteiger partial charge in [0.25, 0.3) is 5.69 Å². The number of hydrogen-bond acceptors (Lipinski definition) is 4. The molecule has 0 aromatic heterocycles. The Hall–Kier alpha value is -1.62. The molecule has 1 atom stereocenters. The van der Waals surface area contributed by atoms with Crippen molar-refractivity contribution in [2.24, 2.45) is 5.92 Å². The first kappa shape index (κ1) is 15.8. The van der Waals surface area contributed by atoms with Crippen LogP contribution < -0.4 is 4.74 Å². The summed E-state index contributed by atoms with van der Waals surface area (Å²) in [5, 5.41) is 10.8. The van der Waals surface area contributed by atoms with E-state index < -0.39 is 0 Å². The van der Waals surface area contributed by atoms with Gasteiger partial charge in [-0.2, -0.15) is 0 Å². The normalized spacial score (nSPS) is 19.4. The smallest absolute Gasteiger partial charge is 0.272 e. The van der Waals surface area contributed by atoms with Gasteiger partial charge in [-0.3, -0.25) is 10.1 Å². The Morgan fingerprint density at radius 3 is 2.95 bits per heavy atom. The summed E-state index contributed by atoms with van der Waals surface area (Å²) in [6.07, 6.45) is 3.63. The highest BCUT2D eigenvalue weighted by atomic mass is 16.6. The van der Waals surface area contributed by atoms with Crippen LogP contribution in [0.3, 0.4) is 0 Å². The van der Waals surface area contributed by atoms with Crippen molar-refractivity contribution in [1.29, 1.82) is 0 Å². The van der Waals surface area contributed by atoms with Crippen LogP contribution in [0.1, 0.15) is 31.7 Å². The predicted octanol–water partition coefficient (Wildman–Crippen LogP) is 3.40. The molecule has 0 bridgehead atoms. The molecule has 1 aromatic rings. The molecule has 0 aliphatic carbocycles. The van der Waals surface area contributed by atoms with E-state index in [9.17, 15) is 10.1 Å². The largest absolute Gasteiger partial charge is 0.494 e. The third-order valence-corrected chi connectivity index (χ3v) is 3.99. The molecule has 0 saturated carbocycles. The highest BCUT2D eigenvalue weighted by Crippen LogP contribution is 2.23. The summed E-state index contributed by atoms with van der Waals surface area (Å²) in [4.78, 5) is 12.9. The molecule has 1 aromatic carbocycles. The maximum Gasteiger partial charge on any atom is 0.272 e. The number of nitro benzene ring substituents is 1. The Balaban J connectivity index is 1.73. The second-order valence-corrected chi connectivity index (χ2v) is 5.96. The summed E-state index contributed by atoms with van der Waals surface area (Å²) in [7, 11) is 0. The lowest BCUT2D eigenvalue weighted by Crippen LogP contribution is -2.35. The molecule has 1 saturated heterocycles. The summed E-state index contributed by atoms with van der Waals surface area (Å²) >= 11 is 0. The van der Waals surface area contributed by atoms with Gasteiger partial charge >= 0.3 is 0 Å². The number of likely N-dealkylation sites (tertiary alicyclic amines) is 1. The van der Waals surface area contributed by atoms with Crippen molar-refractivity contribution in [3.63, 3.8) is 0 Å². The summed E-state index contributed by atoms with van der Waals surface area (Å²) in [6, 6.07) is 4.92. The Morgan fingerprint density at radius 1 is 1.48 bits per heavy atom. The number of rotatable bonds is 6. The SMILES string of the molecule is Cc1cc(OCCCN2CCC[C@@H](C)C2)ccc1[N+](=O)[O-]. The fourth-order valence-corrected chi connectivity index (χ4v) is 2.89. The van der Waals surface area contributed by atoms with Crippen molar-refractivity contribution in [1.82, 2.24) is 4.90 Å². The molecule has 1 heterocycles. The molecule has 1 aliphatic heterocycles. The maximum atomic E-state index is 10.8. The van der Waals surface area contributed by atoms with Gasteiger partial charge in [0.05, 0.1) is 11.5 Å². The van der Waals surface area contributed by atoms with Crippen LogP contribution >= 0.6 is 0 Å². The zero-order valence-corrected chi connectivity index (χ0v) is 12.9. The maximum absolute atomic E-state index is 10.8. The van der Waals surface area contributed by atoms with Crippen molar-refractivity contribution in [3.8, 4) is 5.75 Å². The quantitative estimate of drug-likeness (QED) is 0.458. The molecule has 0 amide bonds. The average Bonchev–Trinajstić information content (AvgIpc) is 2.43. The summed E-state index contributed by atoms with van der Waals surface area (Å²) in [5.41, 5.74) is 0.784. The van der Waals surface area contributed by atoms with E-state index in [-0.39, 0.29) is 10.6 Å². The first-order chi connectivity index (χ1) is 10.1. The number of ether oxygens (including phenoxy) is 1. The molecule has 2 rings (SSSR count). The van der Waals surface area contributed by atoms with Gasteiger partial charge in [-0.05, 0) is 50.8 Å². The van der Waals surface area contributed by atoms with Crippen molar-refractivity contribution >= 4 is 5.69 Å². The van der Waals surface area contributed by atoms with Crippen molar-refractivity contribution in [2.75, 3.05) is 26.2 Å². The number of hydrogen-bond donors (Lipinski definition) is 0. The first-order valence-corrected chi connectivity index (χ1v) is 7.66. The van der Waals surface area contributed by atoms with Crippen LogP contribution in [0.5, 0.6) is 5.75 Å². The van der Waals surface area contributed by atoms with Gasteiger partial charge < -0.3 is 9.64 Å². The van der Waals surface area contributed by atoms with Crippen LogP contribution in [-0.4, -0.2) is 36.1 Å². The van der Waals surface area contributed by atoms with E-state index in [1.54, 1.807) is 19.1 Å². The molecule has 0 N–H and O–H groups in total. The van der Waals surface area contributed by atoms with E-state index in [1.165, 1.54) is 32.0 Å². The van der Waals surface area contributed by atoms with Crippen LogP contribution in [0.15, 0.2) is 18.2 Å². The second kappa shape index (κ2) is 7.41. The first-order valence-electron chi connectivity index (χ1n) is 7.66. The number of aryl methyl sites for hydroxylation is 1. The molecule has 116 valence electrons. The van der Waals surface area contributed by atoms with Gasteiger partial charge in [-0.15, -0.1) is 0 Å². The Morgan fingerprint density at radius 2 is 2.29 bits per heavy atom. The summed E-state index contributed by atoms with van der Waals surface area (Å²) in [5.74, 6) is 1.52. The predicted molar refractivity (Wildman–Crippen MR) is 82.8 cm³/mol. The van der Waals surface area contributed by atoms with Crippen molar-refractivity contribution in [2.45, 2.75) is 33.1 Å². The van der Waals surface area contributed by atoms with E-state index >= 15 is 0 Å². The Kier molecular flexibility index (Phi) is 5.56. The molecule has 5 nitrogen and oxygen atoms in total. The van der Waals surface area contributed by atoms with Crippen LogP contribution in [-0.2, 0) is 0 Å². The minimum absolute atomic E-state index is 0.143. The van der Waals surface area contributed by atoms with E-state index in [0.29, 0.717) is 17.9 Å². The number of benzene rings is 1. The molecule has 1 fully saturated rings. The average molecular weight is 292 g/mol. The van der Waals surface area contributed by atoms with Crippen molar-refractivity contribution in [3.05, 3.63) is 33.9 Å². The van der Waals surface area contributed by atoms with Gasteiger partial charge in [0, 0.05) is 24.7 Å². The molecule has 0 spiro atoms. The molecular weight excluding hydrogens is 268 g/mol. The number of piperidine rings is 1. The highest BCUT2D eigenvalue weighted by molar-refractivity contribution is 5.44. The Labute approximate surface area is 126 Å². The van der Waals surface area contributed by atoms with Crippen LogP contribution in [0, 0.1) is 23.0 Å². The lowest BCUT2D eigenvalue weighted by molar-refractivity contribution is -0.385. The fraction of sp³-hybridized carbons (Fsp3) is 0.625. The molecule has 0 radical (unpaired) electrons. The van der Waals surface area contributed by atoms with Gasteiger partial charge in [0.2, 0.25) is 0 Å². The summed E-state index contributed by atoms with van der Waals surface area (Å²) in [6.45, 7) is 8.15. The molecule has 5 heteroatoms. The standard InChI is InChI=1S/C16H24N2O3/c1-13-5-3-8-17(12-13)9-4-10-21-15-6-7-16(18(19)20)14(2)11-15/h6-7,11,13H,3-5,8-10,12H2,1-2H3/t13-/m1/s1. The van der Waals surface area contributed by atoms with Gasteiger partial charge in [-0.25, -0.2) is 0 Å². The second-order valence-electron chi connectivity index (χ2n) is 5.96. The lowest BCUT2D eigenvalue weighted by Gasteiger charge is -2.30. The van der Waals surface area contributed by atoms with Gasteiger partial charge in [-0.1, -0.05) is 6.92 Å². The van der Waals surface area contributed by atoms with E-state index in [0.717, 1.165) is 18.9 Å². The van der Waals surface area contributed by atoms with Crippen LogP contribution in [0.25, 0.3) is 0 Å². The fourth-order valence-electron chi connectivity index (χ4n) is 2.89. The monoisotopic (exact) mass is 292 g/mol. The van der Waals surface area contributed by atoms with E-state index in [4.69, 9.17) is 4.74 Å². The minimum atomic E-state index is -0.364. The third-order valence-electron chi connectivity index (χ3n) is 3.99. The summed E-state index contributed by atoms with van der Waals surface area (Å²) < 4.78 is 5.69. The topological polar surface area (TPSA) is 55.6 Å². The highest BCUT2D eigenvalue weighted by Gasteiger charge is 2.15. The Bertz CT molecular complexity index is 490. The number of nitrogens with zero attached hydrogens (tertiary/aromatic N) is 2. The molecule has 0 unspecified atom stereocenters. The van der Waals surface area contributed by atoms with Gasteiger partial charge in [0.1, 0.15) is 5.75 Å². The molecular formula is C16H24N2O3. The minimum Gasteiger partial charge on any atom is -0.494 e. The third kappa shape index (κ3) is 4.70. The van der Waals surface area contributed by atoms with Crippen molar-refractivity contribution < 1.29 is 9.66 Å². The van der Waals surface area contributed by atoms with Crippen LogP contribution in [0.2, 0.25) is 0 Å². The number of nitro groups is 1. The lowest BCUT2D eigenvalue weighted by atomic mass is 10.0. The van der Waals surface area contributed by atoms with Crippen LogP contribution in [0.4, 0.5) is 5.69 Å². The molecule has 21 heavy (non-hydrogen) atoms. The van der Waals surface area contributed by atoms with E-state index in [2.05, 4.69) is 11.8 Å².